The van der Waals surface area contributed by atoms with Gasteiger partial charge < -0.3 is 15.0 Å². The maximum Gasteiger partial charge on any atom is 0.256 e. The minimum Gasteiger partial charge on any atom is -0.377 e. The number of aromatic nitrogens is 2. The molecule has 0 aliphatic carbocycles. The van der Waals surface area contributed by atoms with Gasteiger partial charge in [0.2, 0.25) is 11.0 Å². The standard InChI is InChI=1S/C17H19FN4O3S/c1-25-10-14-20-21-17(26-14)19-15(23)11-6-8-22(9-7-11)16(24)12-4-2-3-5-13(12)18/h2-5,11H,6-10H2,1H3,(H,19,21,23). The van der Waals surface area contributed by atoms with Gasteiger partial charge in [-0.1, -0.05) is 23.5 Å². The SMILES string of the molecule is COCc1nnc(NC(=O)C2CCN(C(=O)c3ccccc3F)CC2)s1. The van der Waals surface area contributed by atoms with Crippen molar-refractivity contribution < 1.29 is 18.7 Å². The molecule has 1 aromatic heterocycles. The van der Waals surface area contributed by atoms with Crippen molar-refractivity contribution >= 4 is 28.3 Å². The number of hydrogen-bond donors (Lipinski definition) is 1. The highest BCUT2D eigenvalue weighted by Crippen LogP contribution is 2.23. The zero-order valence-electron chi connectivity index (χ0n) is 14.3. The van der Waals surface area contributed by atoms with E-state index < -0.39 is 5.82 Å². The van der Waals surface area contributed by atoms with E-state index in [1.54, 1.807) is 24.1 Å². The molecule has 1 aliphatic heterocycles. The molecule has 1 aliphatic rings. The number of anilines is 1. The Hall–Kier alpha value is -2.39. The van der Waals surface area contributed by atoms with Crippen molar-refractivity contribution in [1.82, 2.24) is 15.1 Å². The summed E-state index contributed by atoms with van der Waals surface area (Å²) < 4.78 is 18.7. The number of ether oxygens (including phenoxy) is 1. The van der Waals surface area contributed by atoms with Gasteiger partial charge in [0.25, 0.3) is 5.91 Å². The quantitative estimate of drug-likeness (QED) is 0.863. The third-order valence-electron chi connectivity index (χ3n) is 4.22. The summed E-state index contributed by atoms with van der Waals surface area (Å²) in [5, 5.41) is 11.7. The molecule has 138 valence electrons. The number of nitrogens with one attached hydrogen (secondary N) is 1. The van der Waals surface area contributed by atoms with Gasteiger partial charge in [-0.25, -0.2) is 4.39 Å². The van der Waals surface area contributed by atoms with Crippen LogP contribution >= 0.6 is 11.3 Å². The molecular formula is C17H19FN4O3S. The predicted molar refractivity (Wildman–Crippen MR) is 94.3 cm³/mol. The van der Waals surface area contributed by atoms with Gasteiger partial charge in [0.05, 0.1) is 5.56 Å². The van der Waals surface area contributed by atoms with E-state index >= 15 is 0 Å². The Bertz CT molecular complexity index is 790. The Balaban J connectivity index is 1.53. The molecule has 7 nitrogen and oxygen atoms in total. The summed E-state index contributed by atoms with van der Waals surface area (Å²) in [6.45, 7) is 1.18. The van der Waals surface area contributed by atoms with Gasteiger partial charge >= 0.3 is 0 Å². The largest absolute Gasteiger partial charge is 0.377 e. The Morgan fingerprint density at radius 1 is 1.31 bits per heavy atom. The van der Waals surface area contributed by atoms with Crippen LogP contribution in [0.25, 0.3) is 0 Å². The lowest BCUT2D eigenvalue weighted by Gasteiger charge is -2.31. The highest BCUT2D eigenvalue weighted by molar-refractivity contribution is 7.15. The van der Waals surface area contributed by atoms with Gasteiger partial charge in [0.1, 0.15) is 17.4 Å². The second kappa shape index (κ2) is 8.33. The van der Waals surface area contributed by atoms with Crippen molar-refractivity contribution in [2.45, 2.75) is 19.4 Å². The van der Waals surface area contributed by atoms with Gasteiger partial charge in [-0.05, 0) is 25.0 Å². The lowest BCUT2D eigenvalue weighted by Crippen LogP contribution is -2.41. The van der Waals surface area contributed by atoms with Gasteiger partial charge in [-0.2, -0.15) is 0 Å². The maximum atomic E-state index is 13.8. The molecule has 1 saturated heterocycles. The number of halogens is 1. The zero-order valence-corrected chi connectivity index (χ0v) is 15.1. The van der Waals surface area contributed by atoms with E-state index in [0.717, 1.165) is 0 Å². The van der Waals surface area contributed by atoms with Gasteiger partial charge in [-0.3, -0.25) is 9.59 Å². The number of carbonyl (C=O) groups is 2. The second-order valence-corrected chi connectivity index (χ2v) is 7.03. The molecule has 0 saturated carbocycles. The zero-order chi connectivity index (χ0) is 18.5. The third kappa shape index (κ3) is 4.23. The summed E-state index contributed by atoms with van der Waals surface area (Å²) in [6.07, 6.45) is 1.05. The molecule has 0 bridgehead atoms. The fraction of sp³-hybridized carbons (Fsp3) is 0.412. The molecular weight excluding hydrogens is 359 g/mol. The van der Waals surface area contributed by atoms with Crippen LogP contribution in [-0.2, 0) is 16.1 Å². The summed E-state index contributed by atoms with van der Waals surface area (Å²) in [7, 11) is 1.57. The van der Waals surface area contributed by atoms with E-state index in [1.807, 2.05) is 0 Å². The summed E-state index contributed by atoms with van der Waals surface area (Å²) in [5.41, 5.74) is 0.0648. The highest BCUT2D eigenvalue weighted by atomic mass is 32.1. The van der Waals surface area contributed by atoms with Crippen LogP contribution in [0.15, 0.2) is 24.3 Å². The minimum atomic E-state index is -0.527. The number of amides is 2. The van der Waals surface area contributed by atoms with Crippen molar-refractivity contribution in [2.24, 2.45) is 5.92 Å². The van der Waals surface area contributed by atoms with Crippen LogP contribution in [-0.4, -0.2) is 47.1 Å². The molecule has 0 atom stereocenters. The van der Waals surface area contributed by atoms with E-state index in [1.165, 1.54) is 23.5 Å². The fourth-order valence-corrected chi connectivity index (χ4v) is 3.56. The molecule has 1 aromatic carbocycles. The molecule has 0 radical (unpaired) electrons. The molecule has 1 fully saturated rings. The molecule has 0 spiro atoms. The van der Waals surface area contributed by atoms with E-state index in [2.05, 4.69) is 15.5 Å². The molecule has 26 heavy (non-hydrogen) atoms. The fourth-order valence-electron chi connectivity index (χ4n) is 2.84. The molecule has 3 rings (SSSR count). The van der Waals surface area contributed by atoms with E-state index in [4.69, 9.17) is 4.74 Å². The van der Waals surface area contributed by atoms with E-state index in [9.17, 15) is 14.0 Å². The molecule has 2 heterocycles. The first-order chi connectivity index (χ1) is 12.6. The van der Waals surface area contributed by atoms with Crippen LogP contribution in [0.1, 0.15) is 28.2 Å². The topological polar surface area (TPSA) is 84.4 Å². The number of rotatable bonds is 5. The Morgan fingerprint density at radius 3 is 2.73 bits per heavy atom. The summed E-state index contributed by atoms with van der Waals surface area (Å²) >= 11 is 1.27. The number of hydrogen-bond acceptors (Lipinski definition) is 6. The van der Waals surface area contributed by atoms with Crippen molar-refractivity contribution in [3.05, 3.63) is 40.7 Å². The van der Waals surface area contributed by atoms with Gasteiger partial charge in [0.15, 0.2) is 0 Å². The van der Waals surface area contributed by atoms with Crippen molar-refractivity contribution in [3.8, 4) is 0 Å². The average molecular weight is 378 g/mol. The number of piperidine rings is 1. The smallest absolute Gasteiger partial charge is 0.256 e. The first-order valence-corrected chi connectivity index (χ1v) is 9.06. The highest BCUT2D eigenvalue weighted by Gasteiger charge is 2.29. The summed E-state index contributed by atoms with van der Waals surface area (Å²) in [4.78, 5) is 26.4. The third-order valence-corrected chi connectivity index (χ3v) is 5.03. The van der Waals surface area contributed by atoms with Crippen LogP contribution in [0.2, 0.25) is 0 Å². The van der Waals surface area contributed by atoms with Crippen LogP contribution in [0.3, 0.4) is 0 Å². The van der Waals surface area contributed by atoms with Crippen molar-refractivity contribution in [3.63, 3.8) is 0 Å². The Labute approximate surface area is 154 Å². The average Bonchev–Trinajstić information content (AvgIpc) is 3.09. The number of nitrogens with zero attached hydrogens (tertiary/aromatic N) is 3. The molecule has 2 aromatic rings. The number of likely N-dealkylation sites (tertiary alicyclic amines) is 1. The first kappa shape index (κ1) is 18.4. The first-order valence-electron chi connectivity index (χ1n) is 8.24. The normalized spacial score (nSPS) is 15.1. The van der Waals surface area contributed by atoms with Gasteiger partial charge in [-0.15, -0.1) is 10.2 Å². The van der Waals surface area contributed by atoms with Crippen LogP contribution in [0.4, 0.5) is 9.52 Å². The summed E-state index contributed by atoms with van der Waals surface area (Å²) in [6, 6.07) is 5.93. The lowest BCUT2D eigenvalue weighted by molar-refractivity contribution is -0.121. The van der Waals surface area contributed by atoms with Crippen LogP contribution in [0.5, 0.6) is 0 Å². The monoisotopic (exact) mass is 378 g/mol. The van der Waals surface area contributed by atoms with Gasteiger partial charge in [0, 0.05) is 26.1 Å². The lowest BCUT2D eigenvalue weighted by atomic mass is 9.95. The second-order valence-electron chi connectivity index (χ2n) is 5.97. The Kier molecular flexibility index (Phi) is 5.89. The van der Waals surface area contributed by atoms with Crippen molar-refractivity contribution in [2.75, 3.05) is 25.5 Å². The van der Waals surface area contributed by atoms with E-state index in [-0.39, 0.29) is 23.3 Å². The predicted octanol–water partition coefficient (Wildman–Crippen LogP) is 2.31. The number of benzene rings is 1. The van der Waals surface area contributed by atoms with Crippen LogP contribution in [0, 0.1) is 11.7 Å². The Morgan fingerprint density at radius 2 is 2.04 bits per heavy atom. The summed E-state index contributed by atoms with van der Waals surface area (Å²) in [5.74, 6) is -1.21. The molecule has 2 amide bonds. The molecule has 9 heteroatoms. The van der Waals surface area contributed by atoms with Crippen molar-refractivity contribution in [1.29, 1.82) is 0 Å². The maximum absolute atomic E-state index is 13.8. The molecule has 1 N–H and O–H groups in total. The van der Waals surface area contributed by atoms with Crippen LogP contribution < -0.4 is 5.32 Å². The number of methoxy groups -OCH3 is 1. The molecule has 0 unspecified atom stereocenters. The van der Waals surface area contributed by atoms with E-state index in [0.29, 0.717) is 42.7 Å². The minimum absolute atomic E-state index is 0.0648. The number of carbonyl (C=O) groups excluding carboxylic acids is 2.